The van der Waals surface area contributed by atoms with Crippen molar-refractivity contribution in [3.63, 3.8) is 0 Å². The summed E-state index contributed by atoms with van der Waals surface area (Å²) in [6.07, 6.45) is 0. The molecule has 0 amide bonds. The maximum Gasteiger partial charge on any atom is 0.0233 e. The van der Waals surface area contributed by atoms with Gasteiger partial charge in [0.15, 0.2) is 0 Å². The van der Waals surface area contributed by atoms with Crippen LogP contribution in [0.15, 0.2) is 24.3 Å². The third-order valence-electron chi connectivity index (χ3n) is 2.79. The van der Waals surface area contributed by atoms with Crippen molar-refractivity contribution in [3.05, 3.63) is 35.4 Å². The van der Waals surface area contributed by atoms with Crippen molar-refractivity contribution in [1.82, 2.24) is 9.80 Å². The van der Waals surface area contributed by atoms with Gasteiger partial charge in [-0.15, -0.1) is 0 Å². The molecule has 16 heavy (non-hydrogen) atoms. The summed E-state index contributed by atoms with van der Waals surface area (Å²) in [6, 6.07) is 8.90. The van der Waals surface area contributed by atoms with E-state index in [0.717, 1.165) is 26.2 Å². The summed E-state index contributed by atoms with van der Waals surface area (Å²) in [5, 5.41) is 0. The summed E-state index contributed by atoms with van der Waals surface area (Å²) in [4.78, 5) is 4.64. The van der Waals surface area contributed by atoms with Gasteiger partial charge in [0, 0.05) is 13.1 Å². The Balaban J connectivity index is 2.66. The summed E-state index contributed by atoms with van der Waals surface area (Å²) in [6.45, 7) is 8.75. The van der Waals surface area contributed by atoms with Gasteiger partial charge in [-0.05, 0) is 38.3 Å². The van der Waals surface area contributed by atoms with E-state index in [0.29, 0.717) is 0 Å². The Labute approximate surface area is 99.9 Å². The second kappa shape index (κ2) is 6.66. The largest absolute Gasteiger partial charge is 0.305 e. The van der Waals surface area contributed by atoms with Crippen LogP contribution in [0.25, 0.3) is 0 Å². The molecule has 0 heterocycles. The lowest BCUT2D eigenvalue weighted by Crippen LogP contribution is -2.22. The van der Waals surface area contributed by atoms with Crippen LogP contribution in [0.1, 0.15) is 25.0 Å². The van der Waals surface area contributed by atoms with Crippen molar-refractivity contribution in [2.45, 2.75) is 26.9 Å². The molecule has 1 rings (SSSR count). The zero-order valence-electron chi connectivity index (χ0n) is 11.0. The second-order valence-electron chi connectivity index (χ2n) is 4.52. The quantitative estimate of drug-likeness (QED) is 0.727. The third kappa shape index (κ3) is 4.33. The number of benzene rings is 1. The lowest BCUT2D eigenvalue weighted by atomic mass is 10.1. The van der Waals surface area contributed by atoms with Gasteiger partial charge in [0.1, 0.15) is 0 Å². The summed E-state index contributed by atoms with van der Waals surface area (Å²) in [5.74, 6) is 0. The Morgan fingerprint density at radius 2 is 1.50 bits per heavy atom. The summed E-state index contributed by atoms with van der Waals surface area (Å²) < 4.78 is 0. The van der Waals surface area contributed by atoms with Gasteiger partial charge in [-0.3, -0.25) is 4.90 Å². The fourth-order valence-corrected chi connectivity index (χ4v) is 1.90. The fourth-order valence-electron chi connectivity index (χ4n) is 1.90. The van der Waals surface area contributed by atoms with E-state index in [-0.39, 0.29) is 0 Å². The average molecular weight is 220 g/mol. The molecule has 0 aliphatic carbocycles. The molecule has 0 N–H and O–H groups in total. The Bertz CT molecular complexity index is 303. The van der Waals surface area contributed by atoms with Gasteiger partial charge in [0.2, 0.25) is 0 Å². The van der Waals surface area contributed by atoms with Gasteiger partial charge in [-0.2, -0.15) is 0 Å². The SMILES string of the molecule is CCN(CC)Cc1cccc(CN(C)C)c1. The van der Waals surface area contributed by atoms with Crippen LogP contribution in [0.4, 0.5) is 0 Å². The van der Waals surface area contributed by atoms with Crippen LogP contribution in [0.3, 0.4) is 0 Å². The van der Waals surface area contributed by atoms with Crippen LogP contribution >= 0.6 is 0 Å². The van der Waals surface area contributed by atoms with E-state index in [2.05, 4.69) is 62.0 Å². The lowest BCUT2D eigenvalue weighted by molar-refractivity contribution is 0.295. The standard InChI is InChI=1S/C14H24N2/c1-5-16(6-2)12-14-9-7-8-13(10-14)11-15(3)4/h7-10H,5-6,11-12H2,1-4H3. The van der Waals surface area contributed by atoms with Crippen LogP contribution in [0.2, 0.25) is 0 Å². The van der Waals surface area contributed by atoms with Gasteiger partial charge < -0.3 is 4.90 Å². The molecule has 1 aromatic carbocycles. The zero-order valence-corrected chi connectivity index (χ0v) is 11.0. The van der Waals surface area contributed by atoms with E-state index >= 15 is 0 Å². The summed E-state index contributed by atoms with van der Waals surface area (Å²) in [7, 11) is 4.22. The molecule has 0 spiro atoms. The fraction of sp³-hybridized carbons (Fsp3) is 0.571. The number of hydrogen-bond acceptors (Lipinski definition) is 2. The molecule has 0 unspecified atom stereocenters. The summed E-state index contributed by atoms with van der Waals surface area (Å²) >= 11 is 0. The van der Waals surface area contributed by atoms with E-state index in [9.17, 15) is 0 Å². The molecule has 0 aliphatic rings. The van der Waals surface area contributed by atoms with E-state index in [1.165, 1.54) is 11.1 Å². The van der Waals surface area contributed by atoms with E-state index in [4.69, 9.17) is 0 Å². The molecule has 90 valence electrons. The van der Waals surface area contributed by atoms with Crippen molar-refractivity contribution >= 4 is 0 Å². The number of nitrogens with zero attached hydrogens (tertiary/aromatic N) is 2. The molecular formula is C14H24N2. The van der Waals surface area contributed by atoms with Crippen LogP contribution in [0.5, 0.6) is 0 Å². The normalized spacial score (nSPS) is 11.4. The Kier molecular flexibility index (Phi) is 5.50. The Hall–Kier alpha value is -0.860. The average Bonchev–Trinajstić information content (AvgIpc) is 2.25. The van der Waals surface area contributed by atoms with Gasteiger partial charge in [0.25, 0.3) is 0 Å². The molecule has 0 saturated heterocycles. The van der Waals surface area contributed by atoms with Crippen LogP contribution in [-0.2, 0) is 13.1 Å². The van der Waals surface area contributed by atoms with Crippen LogP contribution in [0, 0.1) is 0 Å². The van der Waals surface area contributed by atoms with Crippen molar-refractivity contribution in [3.8, 4) is 0 Å². The maximum atomic E-state index is 2.44. The van der Waals surface area contributed by atoms with E-state index < -0.39 is 0 Å². The van der Waals surface area contributed by atoms with Crippen molar-refractivity contribution in [2.24, 2.45) is 0 Å². The highest BCUT2D eigenvalue weighted by atomic mass is 15.1. The van der Waals surface area contributed by atoms with E-state index in [1.54, 1.807) is 0 Å². The van der Waals surface area contributed by atoms with E-state index in [1.807, 2.05) is 0 Å². The first-order chi connectivity index (χ1) is 7.65. The van der Waals surface area contributed by atoms with Gasteiger partial charge >= 0.3 is 0 Å². The number of hydrogen-bond donors (Lipinski definition) is 0. The molecule has 0 radical (unpaired) electrons. The first-order valence-electron chi connectivity index (χ1n) is 6.10. The monoisotopic (exact) mass is 220 g/mol. The topological polar surface area (TPSA) is 6.48 Å². The highest BCUT2D eigenvalue weighted by molar-refractivity contribution is 5.23. The maximum absolute atomic E-state index is 2.44. The van der Waals surface area contributed by atoms with Gasteiger partial charge in [-0.25, -0.2) is 0 Å². The predicted octanol–water partition coefficient (Wildman–Crippen LogP) is 2.59. The number of rotatable bonds is 6. The molecule has 2 heteroatoms. The van der Waals surface area contributed by atoms with Crippen molar-refractivity contribution < 1.29 is 0 Å². The van der Waals surface area contributed by atoms with Crippen LogP contribution < -0.4 is 0 Å². The Morgan fingerprint density at radius 3 is 2.00 bits per heavy atom. The summed E-state index contributed by atoms with van der Waals surface area (Å²) in [5.41, 5.74) is 2.82. The molecular weight excluding hydrogens is 196 g/mol. The molecule has 0 fully saturated rings. The molecule has 0 atom stereocenters. The smallest absolute Gasteiger partial charge is 0.0233 e. The zero-order chi connectivity index (χ0) is 12.0. The molecule has 0 bridgehead atoms. The van der Waals surface area contributed by atoms with Gasteiger partial charge in [0.05, 0.1) is 0 Å². The lowest BCUT2D eigenvalue weighted by Gasteiger charge is -2.18. The van der Waals surface area contributed by atoms with Crippen molar-refractivity contribution in [1.29, 1.82) is 0 Å². The minimum Gasteiger partial charge on any atom is -0.305 e. The first kappa shape index (κ1) is 13.2. The predicted molar refractivity (Wildman–Crippen MR) is 70.5 cm³/mol. The van der Waals surface area contributed by atoms with Crippen LogP contribution in [-0.4, -0.2) is 37.0 Å². The highest BCUT2D eigenvalue weighted by Crippen LogP contribution is 2.09. The second-order valence-corrected chi connectivity index (χ2v) is 4.52. The molecule has 2 nitrogen and oxygen atoms in total. The van der Waals surface area contributed by atoms with Crippen molar-refractivity contribution in [2.75, 3.05) is 27.2 Å². The molecule has 0 aromatic heterocycles. The minimum atomic E-state index is 1.02. The Morgan fingerprint density at radius 1 is 0.938 bits per heavy atom. The molecule has 0 saturated carbocycles. The minimum absolute atomic E-state index is 1.02. The van der Waals surface area contributed by atoms with Gasteiger partial charge in [-0.1, -0.05) is 38.1 Å². The first-order valence-corrected chi connectivity index (χ1v) is 6.10. The molecule has 0 aliphatic heterocycles. The highest BCUT2D eigenvalue weighted by Gasteiger charge is 2.02. The third-order valence-corrected chi connectivity index (χ3v) is 2.79. The molecule has 1 aromatic rings.